The van der Waals surface area contributed by atoms with E-state index in [1.54, 1.807) is 7.11 Å². The Bertz CT molecular complexity index is 480. The molecule has 1 aromatic rings. The molecule has 0 atom stereocenters. The van der Waals surface area contributed by atoms with Gasteiger partial charge in [-0.05, 0) is 44.2 Å². The van der Waals surface area contributed by atoms with E-state index in [4.69, 9.17) is 4.74 Å². The summed E-state index contributed by atoms with van der Waals surface area (Å²) in [4.78, 5) is 12.4. The summed E-state index contributed by atoms with van der Waals surface area (Å²) < 4.78 is 6.96. The number of hydrogen-bond donors (Lipinski definition) is 1. The number of hydrogen-bond acceptors (Lipinski definition) is 3. The number of rotatable bonds is 6. The van der Waals surface area contributed by atoms with Gasteiger partial charge in [0.2, 0.25) is 0 Å². The highest BCUT2D eigenvalue weighted by atomic mass is 16.5. The van der Waals surface area contributed by atoms with Crippen molar-refractivity contribution in [3.05, 3.63) is 33.2 Å². The van der Waals surface area contributed by atoms with Gasteiger partial charge >= 0.3 is 0 Å². The van der Waals surface area contributed by atoms with Crippen LogP contribution < -0.4 is 10.9 Å². The third kappa shape index (κ3) is 3.25. The molecule has 0 spiro atoms. The molecular weight excluding hydrogens is 240 g/mol. The Kier molecular flexibility index (Phi) is 5.16. The highest BCUT2D eigenvalue weighted by Gasteiger charge is 2.16. The number of methoxy groups -OCH3 is 1. The van der Waals surface area contributed by atoms with E-state index in [2.05, 4.69) is 18.3 Å². The maximum Gasteiger partial charge on any atom is 0.255 e. The van der Waals surface area contributed by atoms with Crippen molar-refractivity contribution in [1.29, 1.82) is 0 Å². The summed E-state index contributed by atoms with van der Waals surface area (Å²) in [6, 6.07) is 2.11. The molecule has 1 aliphatic rings. The monoisotopic (exact) mass is 264 g/mol. The zero-order chi connectivity index (χ0) is 13.7. The van der Waals surface area contributed by atoms with Gasteiger partial charge in [-0.1, -0.05) is 0 Å². The van der Waals surface area contributed by atoms with Crippen molar-refractivity contribution >= 4 is 0 Å². The quantitative estimate of drug-likeness (QED) is 0.792. The van der Waals surface area contributed by atoms with Gasteiger partial charge in [0.1, 0.15) is 0 Å². The fourth-order valence-corrected chi connectivity index (χ4v) is 2.80. The first-order valence-electron chi connectivity index (χ1n) is 7.22. The molecule has 106 valence electrons. The van der Waals surface area contributed by atoms with Crippen LogP contribution in [0.3, 0.4) is 0 Å². The first kappa shape index (κ1) is 14.3. The molecule has 0 radical (unpaired) electrons. The lowest BCUT2D eigenvalue weighted by Gasteiger charge is -2.21. The second-order valence-electron chi connectivity index (χ2n) is 5.07. The van der Waals surface area contributed by atoms with Crippen LogP contribution in [0.5, 0.6) is 0 Å². The number of pyridine rings is 1. The van der Waals surface area contributed by atoms with Crippen molar-refractivity contribution in [1.82, 2.24) is 9.88 Å². The minimum atomic E-state index is 0.174. The maximum absolute atomic E-state index is 12.4. The summed E-state index contributed by atoms with van der Waals surface area (Å²) in [5.41, 5.74) is 3.70. The van der Waals surface area contributed by atoms with Crippen LogP contribution in [0.2, 0.25) is 0 Å². The molecule has 0 amide bonds. The van der Waals surface area contributed by atoms with Crippen molar-refractivity contribution in [3.63, 3.8) is 0 Å². The normalized spacial score (nSPS) is 14.4. The van der Waals surface area contributed by atoms with Gasteiger partial charge in [-0.15, -0.1) is 0 Å². The van der Waals surface area contributed by atoms with Crippen LogP contribution in [0.4, 0.5) is 0 Å². The van der Waals surface area contributed by atoms with Crippen LogP contribution in [0.1, 0.15) is 36.6 Å². The standard InChI is InChI=1S/C15H24N2O2/c1-3-17-14-7-5-4-6-12(14)10-13(15(17)18)11-16-8-9-19-2/h10,16H,3-9,11H2,1-2H3. The SMILES string of the molecule is CCn1c2c(cc(CNCCOC)c1=O)CCCC2. The molecule has 0 fully saturated rings. The Hall–Kier alpha value is -1.13. The fraction of sp³-hybridized carbons (Fsp3) is 0.667. The molecule has 0 unspecified atom stereocenters. The highest BCUT2D eigenvalue weighted by molar-refractivity contribution is 5.29. The maximum atomic E-state index is 12.4. The number of ether oxygens (including phenoxy) is 1. The Morgan fingerprint density at radius 1 is 1.37 bits per heavy atom. The van der Waals surface area contributed by atoms with Gasteiger partial charge in [0, 0.05) is 38.0 Å². The topological polar surface area (TPSA) is 43.3 Å². The first-order valence-corrected chi connectivity index (χ1v) is 7.22. The molecule has 19 heavy (non-hydrogen) atoms. The molecule has 0 saturated heterocycles. The largest absolute Gasteiger partial charge is 0.383 e. The zero-order valence-corrected chi connectivity index (χ0v) is 12.0. The molecule has 4 nitrogen and oxygen atoms in total. The number of nitrogens with one attached hydrogen (secondary N) is 1. The van der Waals surface area contributed by atoms with Gasteiger partial charge in [0.25, 0.3) is 5.56 Å². The van der Waals surface area contributed by atoms with E-state index in [0.717, 1.165) is 31.5 Å². The van der Waals surface area contributed by atoms with Gasteiger partial charge in [-0.25, -0.2) is 0 Å². The lowest BCUT2D eigenvalue weighted by molar-refractivity contribution is 0.199. The summed E-state index contributed by atoms with van der Waals surface area (Å²) >= 11 is 0. The Morgan fingerprint density at radius 3 is 2.89 bits per heavy atom. The summed E-state index contributed by atoms with van der Waals surface area (Å²) in [6.45, 7) is 4.91. The van der Waals surface area contributed by atoms with Crippen molar-refractivity contribution in [3.8, 4) is 0 Å². The van der Waals surface area contributed by atoms with Crippen LogP contribution in [-0.2, 0) is 30.7 Å². The Labute approximate surface area is 114 Å². The van der Waals surface area contributed by atoms with Crippen LogP contribution in [0.25, 0.3) is 0 Å². The number of nitrogens with zero attached hydrogens (tertiary/aromatic N) is 1. The predicted molar refractivity (Wildman–Crippen MR) is 76.6 cm³/mol. The third-order valence-corrected chi connectivity index (χ3v) is 3.79. The van der Waals surface area contributed by atoms with Crippen molar-refractivity contribution in [2.24, 2.45) is 0 Å². The van der Waals surface area contributed by atoms with Crippen LogP contribution in [0, 0.1) is 0 Å². The zero-order valence-electron chi connectivity index (χ0n) is 12.0. The smallest absolute Gasteiger partial charge is 0.255 e. The average Bonchev–Trinajstić information content (AvgIpc) is 2.44. The van der Waals surface area contributed by atoms with Crippen molar-refractivity contribution in [2.45, 2.75) is 45.7 Å². The second-order valence-corrected chi connectivity index (χ2v) is 5.07. The average molecular weight is 264 g/mol. The molecule has 0 aliphatic heterocycles. The summed E-state index contributed by atoms with van der Waals surface area (Å²) in [5, 5.41) is 3.26. The molecule has 1 heterocycles. The number of aryl methyl sites for hydroxylation is 1. The molecule has 1 aliphatic carbocycles. The van der Waals surface area contributed by atoms with E-state index in [9.17, 15) is 4.79 Å². The third-order valence-electron chi connectivity index (χ3n) is 3.79. The Balaban J connectivity index is 2.21. The molecular formula is C15H24N2O2. The van der Waals surface area contributed by atoms with Crippen molar-refractivity contribution in [2.75, 3.05) is 20.3 Å². The van der Waals surface area contributed by atoms with E-state index in [1.807, 2.05) is 4.57 Å². The fourth-order valence-electron chi connectivity index (χ4n) is 2.80. The Morgan fingerprint density at radius 2 is 2.16 bits per heavy atom. The van der Waals surface area contributed by atoms with Gasteiger partial charge in [0.15, 0.2) is 0 Å². The van der Waals surface area contributed by atoms with E-state index in [-0.39, 0.29) is 5.56 Å². The lowest BCUT2D eigenvalue weighted by Crippen LogP contribution is -2.32. The van der Waals surface area contributed by atoms with E-state index < -0.39 is 0 Å². The second kappa shape index (κ2) is 6.87. The summed E-state index contributed by atoms with van der Waals surface area (Å²) in [6.07, 6.45) is 4.61. The van der Waals surface area contributed by atoms with Crippen LogP contribution in [-0.4, -0.2) is 24.8 Å². The number of aromatic nitrogens is 1. The molecule has 1 N–H and O–H groups in total. The minimum absolute atomic E-state index is 0.174. The highest BCUT2D eigenvalue weighted by Crippen LogP contribution is 2.20. The lowest BCUT2D eigenvalue weighted by atomic mass is 9.94. The van der Waals surface area contributed by atoms with E-state index in [1.165, 1.54) is 24.1 Å². The summed E-state index contributed by atoms with van der Waals surface area (Å²) in [7, 11) is 1.69. The predicted octanol–water partition coefficient (Wildman–Crippen LogP) is 1.48. The van der Waals surface area contributed by atoms with Crippen LogP contribution in [0.15, 0.2) is 10.9 Å². The molecule has 0 saturated carbocycles. The van der Waals surface area contributed by atoms with Gasteiger partial charge < -0.3 is 14.6 Å². The number of fused-ring (bicyclic) bond motifs is 1. The molecule has 1 aromatic heterocycles. The van der Waals surface area contributed by atoms with Gasteiger partial charge in [-0.3, -0.25) is 4.79 Å². The summed E-state index contributed by atoms with van der Waals surface area (Å²) in [5.74, 6) is 0. The van der Waals surface area contributed by atoms with Gasteiger partial charge in [0.05, 0.1) is 6.61 Å². The van der Waals surface area contributed by atoms with Gasteiger partial charge in [-0.2, -0.15) is 0 Å². The molecule has 2 rings (SSSR count). The molecule has 4 heteroatoms. The first-order chi connectivity index (χ1) is 9.27. The van der Waals surface area contributed by atoms with Crippen LogP contribution >= 0.6 is 0 Å². The van der Waals surface area contributed by atoms with E-state index >= 15 is 0 Å². The van der Waals surface area contributed by atoms with E-state index in [0.29, 0.717) is 13.2 Å². The minimum Gasteiger partial charge on any atom is -0.383 e. The molecule has 0 bridgehead atoms. The molecule has 0 aromatic carbocycles. The van der Waals surface area contributed by atoms with Crippen molar-refractivity contribution < 1.29 is 4.74 Å².